The maximum atomic E-state index is 10.8. The third-order valence-electron chi connectivity index (χ3n) is 2.54. The number of carbonyl (C=O) groups excluding carboxylic acids is 4. The van der Waals surface area contributed by atoms with Crippen molar-refractivity contribution in [1.29, 1.82) is 0 Å². The van der Waals surface area contributed by atoms with Crippen molar-refractivity contribution in [3.8, 4) is 0 Å². The van der Waals surface area contributed by atoms with Gasteiger partial charge in [0.1, 0.15) is 0 Å². The van der Waals surface area contributed by atoms with Crippen LogP contribution in [-0.4, -0.2) is 20.7 Å². The molecule has 0 heterocycles. The first-order valence-electron chi connectivity index (χ1n) is 8.45. The smallest absolute Gasteiger partial charge is 0.373 e. The highest BCUT2D eigenvalue weighted by Gasteiger charge is 2.10. The normalized spacial score (nSPS) is 7.83. The molecule has 0 unspecified atom stereocenters. The first-order chi connectivity index (χ1) is 13.6. The maximum absolute atomic E-state index is 10.8. The molecule has 0 aliphatic heterocycles. The fourth-order valence-electron chi connectivity index (χ4n) is 1.42. The molecule has 2 aromatic rings. The second kappa shape index (κ2) is 23.3. The molecule has 2 N–H and O–H groups in total. The number of anilines is 1. The van der Waals surface area contributed by atoms with Gasteiger partial charge in [-0.2, -0.15) is 19.2 Å². The van der Waals surface area contributed by atoms with Crippen LogP contribution in [0.5, 0.6) is 0 Å². The van der Waals surface area contributed by atoms with Crippen LogP contribution in [0, 0.1) is 13.8 Å². The Morgan fingerprint density at radius 3 is 1.24 bits per heavy atom. The number of benzene rings is 2. The molecule has 0 aliphatic rings. The Kier molecular flexibility index (Phi) is 27.1. The molecule has 0 aromatic heterocycles. The molecule has 0 saturated carbocycles. The van der Waals surface area contributed by atoms with E-state index in [1.54, 1.807) is 25.1 Å². The van der Waals surface area contributed by atoms with Gasteiger partial charge in [-0.3, -0.25) is 0 Å². The zero-order valence-corrected chi connectivity index (χ0v) is 19.0. The van der Waals surface area contributed by atoms with Crippen molar-refractivity contribution in [2.24, 2.45) is 0 Å². The van der Waals surface area contributed by atoms with Crippen molar-refractivity contribution in [2.75, 3.05) is 5.73 Å². The van der Waals surface area contributed by atoms with Gasteiger partial charge in [-0.15, -0.1) is 0 Å². The molecule has 2 aromatic carbocycles. The fraction of sp³-hybridized carbons (Fsp3) is 0.300. The van der Waals surface area contributed by atoms with Gasteiger partial charge in [-0.05, 0) is 37.1 Å². The minimum atomic E-state index is -3.56. The van der Waals surface area contributed by atoms with Crippen LogP contribution in [0.3, 0.4) is 0 Å². The van der Waals surface area contributed by atoms with Gasteiger partial charge < -0.3 is 5.73 Å². The number of nitrogens with two attached hydrogens (primary N) is 1. The van der Waals surface area contributed by atoms with E-state index >= 15 is 0 Å². The molecule has 0 bridgehead atoms. The van der Waals surface area contributed by atoms with Crippen LogP contribution in [0.25, 0.3) is 0 Å². The first-order valence-corrected chi connectivity index (χ1v) is 10.8. The highest BCUT2D eigenvalue weighted by atomic mass is 35.7. The Balaban J connectivity index is -0.000000152. The van der Waals surface area contributed by atoms with E-state index in [2.05, 4.69) is 0 Å². The van der Waals surface area contributed by atoms with Crippen molar-refractivity contribution in [2.45, 2.75) is 46.4 Å². The first kappa shape index (κ1) is 33.8. The molecule has 7 nitrogen and oxygen atoms in total. The van der Waals surface area contributed by atoms with Crippen molar-refractivity contribution in [3.05, 3.63) is 59.7 Å². The predicted molar refractivity (Wildman–Crippen MR) is 113 cm³/mol. The Bertz CT molecular complexity index is 793. The van der Waals surface area contributed by atoms with Crippen LogP contribution in [0.4, 0.5) is 5.69 Å². The van der Waals surface area contributed by atoms with E-state index in [0.29, 0.717) is 5.56 Å². The van der Waals surface area contributed by atoms with Crippen LogP contribution in [0.15, 0.2) is 53.4 Å². The number of aryl methyl sites for hydroxylation is 2. The average Bonchev–Trinajstić information content (AvgIpc) is 2.69. The number of hydrogen-bond donors (Lipinski definition) is 1. The SMILES string of the molecule is CC.CC.Cc1ccccc1N.Cc1ccccc1S(=O)(=O)Cl.O=C=O.O=C=O. The molecular formula is C20H28ClNO6S. The molecular weight excluding hydrogens is 418 g/mol. The summed E-state index contributed by atoms with van der Waals surface area (Å²) >= 11 is 0. The van der Waals surface area contributed by atoms with Gasteiger partial charge in [-0.25, -0.2) is 8.42 Å². The second-order valence-corrected chi connectivity index (χ2v) is 6.76. The van der Waals surface area contributed by atoms with Gasteiger partial charge in [0.05, 0.1) is 4.90 Å². The number of para-hydroxylation sites is 1. The number of hydrogen-bond acceptors (Lipinski definition) is 7. The zero-order valence-electron chi connectivity index (χ0n) is 17.4. The van der Waals surface area contributed by atoms with E-state index in [1.165, 1.54) is 6.07 Å². The largest absolute Gasteiger partial charge is 0.399 e. The predicted octanol–water partition coefficient (Wildman–Crippen LogP) is 4.39. The molecule has 9 heteroatoms. The maximum Gasteiger partial charge on any atom is 0.373 e. The summed E-state index contributed by atoms with van der Waals surface area (Å²) in [6.45, 7) is 11.7. The van der Waals surface area contributed by atoms with E-state index in [1.807, 2.05) is 58.9 Å². The molecule has 0 saturated heterocycles. The van der Waals surface area contributed by atoms with Crippen LogP contribution in [0.1, 0.15) is 38.8 Å². The summed E-state index contributed by atoms with van der Waals surface area (Å²) in [7, 11) is 1.57. The summed E-state index contributed by atoms with van der Waals surface area (Å²) in [6, 6.07) is 14.4. The van der Waals surface area contributed by atoms with Gasteiger partial charge in [-0.1, -0.05) is 64.1 Å². The van der Waals surface area contributed by atoms with Gasteiger partial charge >= 0.3 is 12.3 Å². The lowest BCUT2D eigenvalue weighted by Crippen LogP contribution is -1.92. The van der Waals surface area contributed by atoms with Crippen LogP contribution >= 0.6 is 10.7 Å². The minimum Gasteiger partial charge on any atom is -0.399 e. The number of halogens is 1. The van der Waals surface area contributed by atoms with Crippen molar-refractivity contribution >= 4 is 37.7 Å². The second-order valence-electron chi connectivity index (χ2n) is 4.23. The summed E-state index contributed by atoms with van der Waals surface area (Å²) in [6.07, 6.45) is 0.500. The average molecular weight is 446 g/mol. The third-order valence-corrected chi connectivity index (χ3v) is 4.03. The fourth-order valence-corrected chi connectivity index (χ4v) is 2.63. The van der Waals surface area contributed by atoms with Crippen molar-refractivity contribution in [1.82, 2.24) is 0 Å². The molecule has 0 aliphatic carbocycles. The van der Waals surface area contributed by atoms with E-state index in [9.17, 15) is 8.42 Å². The molecule has 0 atom stereocenters. The third kappa shape index (κ3) is 21.4. The molecule has 0 spiro atoms. The topological polar surface area (TPSA) is 128 Å². The zero-order chi connectivity index (χ0) is 23.9. The quantitative estimate of drug-likeness (QED) is 0.509. The van der Waals surface area contributed by atoms with Gasteiger partial charge in [0, 0.05) is 16.4 Å². The molecule has 0 amide bonds. The molecule has 2 rings (SSSR count). The standard InChI is InChI=1S/C7H7ClO2S.C7H9N.2C2H6.2CO2/c1-6-4-2-3-5-7(6)11(8,9)10;1-6-4-2-3-5-7(6)8;2*1-2;2*2-1-3/h2-5H,1H3;2-5H,8H2,1H3;2*1-2H3;;. The lowest BCUT2D eigenvalue weighted by atomic mass is 10.2. The van der Waals surface area contributed by atoms with Crippen LogP contribution in [0.2, 0.25) is 0 Å². The summed E-state index contributed by atoms with van der Waals surface area (Å²) in [5.41, 5.74) is 8.20. The molecule has 162 valence electrons. The highest BCUT2D eigenvalue weighted by molar-refractivity contribution is 8.13. The summed E-state index contributed by atoms with van der Waals surface area (Å²) in [5, 5.41) is 0. The van der Waals surface area contributed by atoms with E-state index in [0.717, 1.165) is 11.3 Å². The Hall–Kier alpha value is -2.76. The molecule has 0 fully saturated rings. The number of rotatable bonds is 1. The Morgan fingerprint density at radius 2 is 1.03 bits per heavy atom. The highest BCUT2D eigenvalue weighted by Crippen LogP contribution is 2.17. The summed E-state index contributed by atoms with van der Waals surface area (Å²) in [5.74, 6) is 0. The van der Waals surface area contributed by atoms with Crippen molar-refractivity contribution < 1.29 is 27.6 Å². The van der Waals surface area contributed by atoms with Gasteiger partial charge in [0.2, 0.25) is 0 Å². The summed E-state index contributed by atoms with van der Waals surface area (Å²) in [4.78, 5) is 32.7. The Labute approximate surface area is 177 Å². The van der Waals surface area contributed by atoms with E-state index < -0.39 is 9.05 Å². The number of nitrogen functional groups attached to an aromatic ring is 1. The summed E-state index contributed by atoms with van der Waals surface area (Å²) < 4.78 is 21.6. The van der Waals surface area contributed by atoms with Gasteiger partial charge in [0.25, 0.3) is 9.05 Å². The van der Waals surface area contributed by atoms with Crippen LogP contribution in [-0.2, 0) is 28.2 Å². The lowest BCUT2D eigenvalue weighted by Gasteiger charge is -1.98. The minimum absolute atomic E-state index is 0.182. The molecule has 0 radical (unpaired) electrons. The van der Waals surface area contributed by atoms with Crippen LogP contribution < -0.4 is 5.73 Å². The van der Waals surface area contributed by atoms with E-state index in [4.69, 9.17) is 35.6 Å². The molecule has 29 heavy (non-hydrogen) atoms. The Morgan fingerprint density at radius 1 is 0.724 bits per heavy atom. The van der Waals surface area contributed by atoms with Crippen molar-refractivity contribution in [3.63, 3.8) is 0 Å². The monoisotopic (exact) mass is 445 g/mol. The van der Waals surface area contributed by atoms with E-state index in [-0.39, 0.29) is 17.2 Å². The van der Waals surface area contributed by atoms with Gasteiger partial charge in [0.15, 0.2) is 0 Å². The lowest BCUT2D eigenvalue weighted by molar-refractivity contribution is -0.193.